The highest BCUT2D eigenvalue weighted by molar-refractivity contribution is 6.33. The molecule has 0 aliphatic carbocycles. The zero-order valence-electron chi connectivity index (χ0n) is 13.3. The highest BCUT2D eigenvalue weighted by Crippen LogP contribution is 2.31. The van der Waals surface area contributed by atoms with Gasteiger partial charge < -0.3 is 9.84 Å². The Morgan fingerprint density at radius 3 is 2.46 bits per heavy atom. The van der Waals surface area contributed by atoms with E-state index in [9.17, 15) is 0 Å². The summed E-state index contributed by atoms with van der Waals surface area (Å²) in [6.07, 6.45) is 0.619. The van der Waals surface area contributed by atoms with Crippen molar-refractivity contribution in [2.45, 2.75) is 13.0 Å². The summed E-state index contributed by atoms with van der Waals surface area (Å²) in [7, 11) is 0. The summed E-state index contributed by atoms with van der Waals surface area (Å²) < 4.78 is 5.89. The lowest BCUT2D eigenvalue weighted by atomic mass is 10.0. The number of aliphatic hydroxyl groups excluding tert-OH is 1. The third-order valence-corrected chi connectivity index (χ3v) is 4.15. The van der Waals surface area contributed by atoms with Crippen LogP contribution in [0.1, 0.15) is 11.1 Å². The second kappa shape index (κ2) is 8.00. The molecule has 3 heteroatoms. The normalized spacial score (nSPS) is 10.6. The molecule has 0 aromatic heterocycles. The molecule has 0 atom stereocenters. The van der Waals surface area contributed by atoms with Crippen LogP contribution in [-0.4, -0.2) is 11.7 Å². The zero-order valence-corrected chi connectivity index (χ0v) is 14.0. The molecule has 0 spiro atoms. The summed E-state index contributed by atoms with van der Waals surface area (Å²) in [6.45, 7) is 0.657. The predicted octanol–water partition coefficient (Wildman–Crippen LogP) is 5.12. The largest absolute Gasteiger partial charge is 0.489 e. The molecule has 0 unspecified atom stereocenters. The van der Waals surface area contributed by atoms with Gasteiger partial charge in [-0.1, -0.05) is 60.1 Å². The lowest BCUT2D eigenvalue weighted by Crippen LogP contribution is -1.95. The molecule has 1 N–H and O–H groups in total. The number of aliphatic hydroxyl groups is 1. The van der Waals surface area contributed by atoms with Gasteiger partial charge in [0.25, 0.3) is 0 Å². The molecule has 3 rings (SSSR count). The Balaban J connectivity index is 1.81. The third-order valence-electron chi connectivity index (χ3n) is 3.82. The Bertz CT molecular complexity index is 800. The number of hydrogen-bond donors (Lipinski definition) is 1. The Hall–Kier alpha value is -2.29. The maximum atomic E-state index is 9.12. The number of ether oxygens (including phenoxy) is 1. The molecule has 3 aromatic carbocycles. The van der Waals surface area contributed by atoms with Crippen molar-refractivity contribution in [2.75, 3.05) is 6.61 Å². The summed E-state index contributed by atoms with van der Waals surface area (Å²) in [4.78, 5) is 0. The maximum absolute atomic E-state index is 9.12. The molecule has 0 heterocycles. The van der Waals surface area contributed by atoms with Crippen molar-refractivity contribution in [3.8, 4) is 16.9 Å². The zero-order chi connectivity index (χ0) is 16.8. The van der Waals surface area contributed by atoms with Gasteiger partial charge in [0, 0.05) is 17.2 Å². The van der Waals surface area contributed by atoms with E-state index in [2.05, 4.69) is 0 Å². The van der Waals surface area contributed by atoms with Crippen molar-refractivity contribution in [3.63, 3.8) is 0 Å². The van der Waals surface area contributed by atoms with Crippen LogP contribution in [0.3, 0.4) is 0 Å². The first-order valence-corrected chi connectivity index (χ1v) is 8.30. The molecule has 0 aliphatic heterocycles. The van der Waals surface area contributed by atoms with Crippen molar-refractivity contribution in [1.29, 1.82) is 0 Å². The SMILES string of the molecule is OCCc1ccc(Cl)c(-c2cccc(OCc3ccccc3)c2)c1. The molecule has 0 bridgehead atoms. The first kappa shape index (κ1) is 16.6. The highest BCUT2D eigenvalue weighted by atomic mass is 35.5. The Labute approximate surface area is 147 Å². The monoisotopic (exact) mass is 338 g/mol. The van der Waals surface area contributed by atoms with E-state index in [1.54, 1.807) is 0 Å². The van der Waals surface area contributed by atoms with Gasteiger partial charge in [-0.3, -0.25) is 0 Å². The minimum atomic E-state index is 0.126. The molecule has 0 aliphatic rings. The lowest BCUT2D eigenvalue weighted by Gasteiger charge is -2.11. The second-order valence-corrected chi connectivity index (χ2v) is 6.00. The number of halogens is 1. The smallest absolute Gasteiger partial charge is 0.120 e. The van der Waals surface area contributed by atoms with Gasteiger partial charge >= 0.3 is 0 Å². The standard InChI is InChI=1S/C21H19ClO2/c22-21-10-9-16(11-12-23)13-20(21)18-7-4-8-19(14-18)24-15-17-5-2-1-3-6-17/h1-10,13-14,23H,11-12,15H2. The van der Waals surface area contributed by atoms with E-state index in [0.29, 0.717) is 18.1 Å². The van der Waals surface area contributed by atoms with Crippen molar-refractivity contribution in [1.82, 2.24) is 0 Å². The van der Waals surface area contributed by atoms with Crippen LogP contribution in [0.15, 0.2) is 72.8 Å². The molecule has 24 heavy (non-hydrogen) atoms. The van der Waals surface area contributed by atoms with Gasteiger partial charge in [-0.2, -0.15) is 0 Å². The summed E-state index contributed by atoms with van der Waals surface area (Å²) in [6, 6.07) is 23.8. The van der Waals surface area contributed by atoms with Crippen LogP contribution in [0, 0.1) is 0 Å². The van der Waals surface area contributed by atoms with Gasteiger partial charge in [-0.15, -0.1) is 0 Å². The minimum Gasteiger partial charge on any atom is -0.489 e. The molecule has 122 valence electrons. The van der Waals surface area contributed by atoms with Crippen molar-refractivity contribution < 1.29 is 9.84 Å². The van der Waals surface area contributed by atoms with Gasteiger partial charge in [0.15, 0.2) is 0 Å². The van der Waals surface area contributed by atoms with Gasteiger partial charge in [0.1, 0.15) is 12.4 Å². The second-order valence-electron chi connectivity index (χ2n) is 5.59. The van der Waals surface area contributed by atoms with Gasteiger partial charge in [0.2, 0.25) is 0 Å². The van der Waals surface area contributed by atoms with Gasteiger partial charge in [-0.05, 0) is 47.4 Å². The van der Waals surface area contributed by atoms with Crippen LogP contribution in [0.4, 0.5) is 0 Å². The topological polar surface area (TPSA) is 29.5 Å². The van der Waals surface area contributed by atoms with Crippen molar-refractivity contribution >= 4 is 11.6 Å². The quantitative estimate of drug-likeness (QED) is 0.676. The van der Waals surface area contributed by atoms with Crippen molar-refractivity contribution in [2.24, 2.45) is 0 Å². The van der Waals surface area contributed by atoms with Crippen LogP contribution >= 0.6 is 11.6 Å². The average molecular weight is 339 g/mol. The minimum absolute atomic E-state index is 0.126. The first-order valence-electron chi connectivity index (χ1n) is 7.93. The third kappa shape index (κ3) is 4.16. The van der Waals surface area contributed by atoms with E-state index in [1.165, 1.54) is 0 Å². The van der Waals surface area contributed by atoms with Gasteiger partial charge in [0.05, 0.1) is 0 Å². The van der Waals surface area contributed by atoms with E-state index in [4.69, 9.17) is 21.4 Å². The van der Waals surface area contributed by atoms with Crippen LogP contribution in [0.25, 0.3) is 11.1 Å². The Kier molecular flexibility index (Phi) is 5.52. The maximum Gasteiger partial charge on any atom is 0.120 e. The fourth-order valence-corrected chi connectivity index (χ4v) is 2.80. The van der Waals surface area contributed by atoms with E-state index < -0.39 is 0 Å². The van der Waals surface area contributed by atoms with Crippen LogP contribution in [0.2, 0.25) is 5.02 Å². The summed E-state index contributed by atoms with van der Waals surface area (Å²) >= 11 is 6.35. The van der Waals surface area contributed by atoms with E-state index in [0.717, 1.165) is 28.0 Å². The summed E-state index contributed by atoms with van der Waals surface area (Å²) in [5.41, 5.74) is 4.15. The number of benzene rings is 3. The number of hydrogen-bond acceptors (Lipinski definition) is 2. The Morgan fingerprint density at radius 1 is 0.833 bits per heavy atom. The fourth-order valence-electron chi connectivity index (χ4n) is 2.57. The molecular formula is C21H19ClO2. The number of rotatable bonds is 6. The van der Waals surface area contributed by atoms with Crippen molar-refractivity contribution in [3.05, 3.63) is 88.9 Å². The molecule has 0 amide bonds. The predicted molar refractivity (Wildman–Crippen MR) is 98.5 cm³/mol. The highest BCUT2D eigenvalue weighted by Gasteiger charge is 2.07. The molecule has 0 fully saturated rings. The first-order chi connectivity index (χ1) is 11.8. The van der Waals surface area contributed by atoms with E-state index >= 15 is 0 Å². The summed E-state index contributed by atoms with van der Waals surface area (Å²) in [5.74, 6) is 0.806. The molecule has 3 aromatic rings. The Morgan fingerprint density at radius 2 is 1.67 bits per heavy atom. The lowest BCUT2D eigenvalue weighted by molar-refractivity contribution is 0.299. The molecule has 0 saturated carbocycles. The van der Waals surface area contributed by atoms with Crippen LogP contribution < -0.4 is 4.74 Å². The molecule has 2 nitrogen and oxygen atoms in total. The van der Waals surface area contributed by atoms with E-state index in [-0.39, 0.29) is 6.61 Å². The summed E-state index contributed by atoms with van der Waals surface area (Å²) in [5, 5.41) is 9.81. The van der Waals surface area contributed by atoms with Crippen LogP contribution in [-0.2, 0) is 13.0 Å². The van der Waals surface area contributed by atoms with Crippen LogP contribution in [0.5, 0.6) is 5.75 Å². The molecule has 0 radical (unpaired) electrons. The molecule has 0 saturated heterocycles. The fraction of sp³-hybridized carbons (Fsp3) is 0.143. The average Bonchev–Trinajstić information content (AvgIpc) is 2.63. The molecular weight excluding hydrogens is 320 g/mol. The van der Waals surface area contributed by atoms with Gasteiger partial charge in [-0.25, -0.2) is 0 Å². The van der Waals surface area contributed by atoms with E-state index in [1.807, 2.05) is 72.8 Å².